The molecule has 2 aliphatic carbocycles. The summed E-state index contributed by atoms with van der Waals surface area (Å²) >= 11 is 7.18. The molecule has 0 aliphatic heterocycles. The molecular weight excluding hydrogens is 292 g/mol. The third-order valence-corrected chi connectivity index (χ3v) is 4.21. The van der Waals surface area contributed by atoms with Crippen LogP contribution in [-0.4, -0.2) is 0 Å². The van der Waals surface area contributed by atoms with E-state index in [2.05, 4.69) is 63.0 Å². The van der Waals surface area contributed by atoms with E-state index in [4.69, 9.17) is 0 Å². The molecule has 0 atom stereocenters. The Kier molecular flexibility index (Phi) is 2.43. The van der Waals surface area contributed by atoms with Crippen LogP contribution in [0.4, 0.5) is 0 Å². The number of rotatable bonds is 0. The van der Waals surface area contributed by atoms with E-state index in [-0.39, 0.29) is 0 Å². The van der Waals surface area contributed by atoms with Crippen molar-refractivity contribution in [3.8, 4) is 11.1 Å². The lowest BCUT2D eigenvalue weighted by molar-refractivity contribution is 1.49. The lowest BCUT2D eigenvalue weighted by atomic mass is 10.2. The Hall–Kier alpha value is -0.340. The topological polar surface area (TPSA) is 0 Å². The molecule has 0 radical (unpaired) electrons. The molecule has 0 nitrogen and oxygen atoms in total. The van der Waals surface area contributed by atoms with Crippen molar-refractivity contribution >= 4 is 31.9 Å². The van der Waals surface area contributed by atoms with E-state index in [0.717, 1.165) is 0 Å². The van der Waals surface area contributed by atoms with E-state index in [0.29, 0.717) is 0 Å². The van der Waals surface area contributed by atoms with Crippen molar-refractivity contribution in [2.24, 2.45) is 0 Å². The molecule has 0 aromatic heterocycles. The average molecular weight is 300 g/mol. The van der Waals surface area contributed by atoms with Gasteiger partial charge in [0.2, 0.25) is 0 Å². The van der Waals surface area contributed by atoms with Crippen molar-refractivity contribution in [1.82, 2.24) is 0 Å². The summed E-state index contributed by atoms with van der Waals surface area (Å²) in [6.07, 6.45) is 0. The summed E-state index contributed by atoms with van der Waals surface area (Å²) < 4.78 is 2.37. The molecule has 2 rings (SSSR count). The van der Waals surface area contributed by atoms with Crippen molar-refractivity contribution in [1.29, 1.82) is 0 Å². The minimum atomic E-state index is 1.19. The maximum Gasteiger partial charge on any atom is 0.0294 e. The summed E-state index contributed by atoms with van der Waals surface area (Å²) in [5.41, 5.74) is 3.78. The molecule has 0 aromatic carbocycles. The molecular formula is C11H8Br2. The standard InChI is InChI=1S/C11H8Br2/c1-7-10(12)8-5-3-2-4-6-9(8)11(7)13/h2-6H,1H3. The minimum Gasteiger partial charge on any atom is -0.0622 e. The van der Waals surface area contributed by atoms with Gasteiger partial charge in [0, 0.05) is 8.95 Å². The fourth-order valence-corrected chi connectivity index (χ4v) is 2.78. The zero-order valence-corrected chi connectivity index (χ0v) is 10.3. The summed E-state index contributed by atoms with van der Waals surface area (Å²) in [5, 5.41) is 0. The van der Waals surface area contributed by atoms with Gasteiger partial charge >= 0.3 is 0 Å². The van der Waals surface area contributed by atoms with Gasteiger partial charge in [-0.15, -0.1) is 0 Å². The second-order valence-corrected chi connectivity index (χ2v) is 4.58. The fraction of sp³-hybridized carbons (Fsp3) is 0.0909. The van der Waals surface area contributed by atoms with Crippen LogP contribution in [0.2, 0.25) is 0 Å². The van der Waals surface area contributed by atoms with Crippen LogP contribution < -0.4 is 0 Å². The third-order valence-electron chi connectivity index (χ3n) is 2.17. The second-order valence-electron chi connectivity index (χ2n) is 2.99. The molecule has 0 aromatic rings. The zero-order chi connectivity index (χ0) is 9.42. The van der Waals surface area contributed by atoms with E-state index in [9.17, 15) is 0 Å². The number of hydrogen-bond donors (Lipinski definition) is 0. The molecule has 0 spiro atoms. The van der Waals surface area contributed by atoms with Gasteiger partial charge in [-0.05, 0) is 55.5 Å². The molecule has 0 amide bonds. The van der Waals surface area contributed by atoms with Crippen LogP contribution in [0.1, 0.15) is 5.56 Å². The van der Waals surface area contributed by atoms with Crippen molar-refractivity contribution < 1.29 is 0 Å². The maximum absolute atomic E-state index is 3.59. The first-order chi connectivity index (χ1) is 6.22. The van der Waals surface area contributed by atoms with Gasteiger partial charge in [-0.2, -0.15) is 0 Å². The maximum atomic E-state index is 3.59. The Bertz CT molecular complexity index is 384. The van der Waals surface area contributed by atoms with E-state index in [1.165, 1.54) is 25.6 Å². The molecule has 2 heteroatoms. The fourth-order valence-electron chi connectivity index (χ4n) is 1.43. The van der Waals surface area contributed by atoms with Crippen LogP contribution in [0.25, 0.3) is 11.1 Å². The Morgan fingerprint density at radius 1 is 0.846 bits per heavy atom. The lowest BCUT2D eigenvalue weighted by Gasteiger charge is -1.92. The summed E-state index contributed by atoms with van der Waals surface area (Å²) in [5.74, 6) is 0. The number of hydrogen-bond acceptors (Lipinski definition) is 0. The summed E-state index contributed by atoms with van der Waals surface area (Å²) in [6, 6.07) is 10.4. The molecule has 0 N–H and O–H groups in total. The molecule has 0 unspecified atom stereocenters. The van der Waals surface area contributed by atoms with Gasteiger partial charge in [-0.1, -0.05) is 30.3 Å². The van der Waals surface area contributed by atoms with Crippen LogP contribution >= 0.6 is 31.9 Å². The van der Waals surface area contributed by atoms with Gasteiger partial charge in [0.15, 0.2) is 0 Å². The summed E-state index contributed by atoms with van der Waals surface area (Å²) in [4.78, 5) is 0. The predicted octanol–water partition coefficient (Wildman–Crippen LogP) is 4.62. The number of fused-ring (bicyclic) bond motifs is 1. The van der Waals surface area contributed by atoms with Crippen molar-refractivity contribution in [2.45, 2.75) is 6.92 Å². The second kappa shape index (κ2) is 3.43. The monoisotopic (exact) mass is 298 g/mol. The molecule has 66 valence electrons. The highest BCUT2D eigenvalue weighted by Gasteiger charge is 2.15. The van der Waals surface area contributed by atoms with Crippen molar-refractivity contribution in [3.63, 3.8) is 0 Å². The van der Waals surface area contributed by atoms with E-state index >= 15 is 0 Å². The van der Waals surface area contributed by atoms with Crippen molar-refractivity contribution in [2.75, 3.05) is 0 Å². The Balaban J connectivity index is 2.86. The van der Waals surface area contributed by atoms with Crippen molar-refractivity contribution in [3.05, 3.63) is 44.8 Å². The molecule has 0 heterocycles. The molecule has 0 bridgehead atoms. The van der Waals surface area contributed by atoms with Crippen LogP contribution in [0.5, 0.6) is 0 Å². The van der Waals surface area contributed by atoms with Crippen LogP contribution in [0.3, 0.4) is 0 Å². The third kappa shape index (κ3) is 1.42. The highest BCUT2D eigenvalue weighted by Crippen LogP contribution is 2.42. The van der Waals surface area contributed by atoms with Gasteiger partial charge in [0.1, 0.15) is 0 Å². The first-order valence-electron chi connectivity index (χ1n) is 4.04. The van der Waals surface area contributed by atoms with Crippen LogP contribution in [0.15, 0.2) is 39.3 Å². The molecule has 0 saturated carbocycles. The Morgan fingerprint density at radius 2 is 1.31 bits per heavy atom. The average Bonchev–Trinajstić information content (AvgIpc) is 2.40. The Morgan fingerprint density at radius 3 is 1.77 bits per heavy atom. The Labute approximate surface area is 94.6 Å². The normalized spacial score (nSPS) is 10.7. The van der Waals surface area contributed by atoms with Gasteiger partial charge < -0.3 is 0 Å². The SMILES string of the molecule is Cc1c(Br)c2cccccc-2c1Br. The largest absolute Gasteiger partial charge is 0.0622 e. The smallest absolute Gasteiger partial charge is 0.0294 e. The highest BCUT2D eigenvalue weighted by atomic mass is 79.9. The number of halogens is 2. The van der Waals surface area contributed by atoms with Crippen LogP contribution in [-0.2, 0) is 0 Å². The highest BCUT2D eigenvalue weighted by molar-refractivity contribution is 9.11. The van der Waals surface area contributed by atoms with E-state index < -0.39 is 0 Å². The molecule has 0 fully saturated rings. The summed E-state index contributed by atoms with van der Waals surface area (Å²) in [6.45, 7) is 2.11. The van der Waals surface area contributed by atoms with Gasteiger partial charge in [-0.25, -0.2) is 0 Å². The zero-order valence-electron chi connectivity index (χ0n) is 7.14. The van der Waals surface area contributed by atoms with Gasteiger partial charge in [0.05, 0.1) is 0 Å². The first kappa shape index (κ1) is 9.22. The summed E-state index contributed by atoms with van der Waals surface area (Å²) in [7, 11) is 0. The predicted molar refractivity (Wildman–Crippen MR) is 63.2 cm³/mol. The molecule has 2 aliphatic rings. The first-order valence-corrected chi connectivity index (χ1v) is 5.62. The van der Waals surface area contributed by atoms with E-state index in [1.54, 1.807) is 0 Å². The lowest BCUT2D eigenvalue weighted by Crippen LogP contribution is -1.65. The van der Waals surface area contributed by atoms with Gasteiger partial charge in [0.25, 0.3) is 0 Å². The van der Waals surface area contributed by atoms with E-state index in [1.807, 2.05) is 6.07 Å². The quantitative estimate of drug-likeness (QED) is 0.665. The van der Waals surface area contributed by atoms with Crippen LogP contribution in [0, 0.1) is 6.92 Å². The van der Waals surface area contributed by atoms with Gasteiger partial charge in [-0.3, -0.25) is 0 Å². The molecule has 0 saturated heterocycles. The molecule has 13 heavy (non-hydrogen) atoms. The minimum absolute atomic E-state index is 1.19.